The lowest BCUT2D eigenvalue weighted by molar-refractivity contribution is -0.119. The normalized spacial score (nSPS) is 11.6. The number of para-hydroxylation sites is 1. The highest BCUT2D eigenvalue weighted by molar-refractivity contribution is 7.13. The summed E-state index contributed by atoms with van der Waals surface area (Å²) in [5.74, 6) is 0.576. The minimum atomic E-state index is -0.200. The maximum atomic E-state index is 11.8. The number of nitrogens with one attached hydrogen (secondary N) is 2. The Morgan fingerprint density at radius 3 is 2.75 bits per heavy atom. The first-order valence-corrected chi connectivity index (χ1v) is 8.64. The first kappa shape index (κ1) is 17.9. The number of hydrogen-bond donors (Lipinski definition) is 2. The zero-order valence-corrected chi connectivity index (χ0v) is 14.6. The fourth-order valence-corrected chi connectivity index (χ4v) is 2.80. The summed E-state index contributed by atoms with van der Waals surface area (Å²) in [4.78, 5) is 27.0. The van der Waals surface area contributed by atoms with E-state index >= 15 is 0 Å². The molecule has 0 aliphatic heterocycles. The molecule has 2 rings (SSSR count). The Bertz CT molecular complexity index is 673. The number of aromatic nitrogens is 1. The van der Waals surface area contributed by atoms with Crippen LogP contribution in [-0.2, 0) is 9.59 Å². The number of carbonyl (C=O) groups excluding carboxylic acids is 2. The molecular formula is C17H21N3O3S. The Morgan fingerprint density at radius 1 is 1.29 bits per heavy atom. The summed E-state index contributed by atoms with van der Waals surface area (Å²) in [5.41, 5.74) is 0.775. The zero-order valence-electron chi connectivity index (χ0n) is 13.7. The maximum Gasteiger partial charge on any atom is 0.226 e. The molecule has 6 nitrogen and oxygen atoms in total. The lowest BCUT2D eigenvalue weighted by Crippen LogP contribution is -2.22. The van der Waals surface area contributed by atoms with Crippen LogP contribution in [0.3, 0.4) is 0 Å². The van der Waals surface area contributed by atoms with Gasteiger partial charge in [-0.2, -0.15) is 0 Å². The molecule has 0 radical (unpaired) electrons. The topological polar surface area (TPSA) is 80.3 Å². The van der Waals surface area contributed by atoms with Gasteiger partial charge in [0.1, 0.15) is 11.9 Å². The van der Waals surface area contributed by atoms with Crippen LogP contribution in [-0.4, -0.2) is 23.3 Å². The molecule has 1 unspecified atom stereocenters. The van der Waals surface area contributed by atoms with Crippen molar-refractivity contribution in [3.63, 3.8) is 0 Å². The second-order valence-corrected chi connectivity index (χ2v) is 6.14. The average Bonchev–Trinajstić information content (AvgIpc) is 3.01. The van der Waals surface area contributed by atoms with Gasteiger partial charge in [0.2, 0.25) is 11.8 Å². The molecule has 0 fully saturated rings. The van der Waals surface area contributed by atoms with Gasteiger partial charge in [0.15, 0.2) is 5.13 Å². The van der Waals surface area contributed by atoms with Crippen molar-refractivity contribution in [3.8, 4) is 5.75 Å². The van der Waals surface area contributed by atoms with Gasteiger partial charge in [-0.1, -0.05) is 18.2 Å². The fourth-order valence-electron chi connectivity index (χ4n) is 1.99. The molecule has 0 aliphatic carbocycles. The number of thiazole rings is 1. The van der Waals surface area contributed by atoms with Gasteiger partial charge < -0.3 is 15.4 Å². The van der Waals surface area contributed by atoms with E-state index in [1.165, 1.54) is 18.3 Å². The minimum absolute atomic E-state index is 0.0904. The van der Waals surface area contributed by atoms with Gasteiger partial charge in [-0.3, -0.25) is 9.59 Å². The summed E-state index contributed by atoms with van der Waals surface area (Å²) in [6, 6.07) is 9.53. The number of rotatable bonds is 8. The molecule has 2 amide bonds. The average molecular weight is 347 g/mol. The van der Waals surface area contributed by atoms with Crippen molar-refractivity contribution in [1.29, 1.82) is 0 Å². The smallest absolute Gasteiger partial charge is 0.226 e. The van der Waals surface area contributed by atoms with Crippen LogP contribution in [0.25, 0.3) is 0 Å². The lowest BCUT2D eigenvalue weighted by Gasteiger charge is -2.12. The molecule has 2 aromatic rings. The molecule has 1 aromatic carbocycles. The third kappa shape index (κ3) is 6.00. The quantitative estimate of drug-likeness (QED) is 0.719. The molecule has 1 aromatic heterocycles. The van der Waals surface area contributed by atoms with E-state index in [2.05, 4.69) is 15.6 Å². The van der Waals surface area contributed by atoms with Gasteiger partial charge in [-0.15, -0.1) is 11.3 Å². The van der Waals surface area contributed by atoms with E-state index in [1.807, 2.05) is 42.6 Å². The Balaban J connectivity index is 1.79. The standard InChI is InChI=1S/C17H21N3O3S/c1-12(23-14-7-4-3-5-8-14)15-11-24-17(19-15)20-16(22)9-6-10-18-13(2)21/h3-5,7-8,11-12H,6,9-10H2,1-2H3,(H,18,21)(H,19,20,22). The van der Waals surface area contributed by atoms with Crippen molar-refractivity contribution in [3.05, 3.63) is 41.4 Å². The zero-order chi connectivity index (χ0) is 17.4. The van der Waals surface area contributed by atoms with Crippen molar-refractivity contribution in [2.24, 2.45) is 0 Å². The third-order valence-electron chi connectivity index (χ3n) is 3.20. The molecule has 1 heterocycles. The first-order chi connectivity index (χ1) is 11.5. The molecule has 0 spiro atoms. The maximum absolute atomic E-state index is 11.8. The van der Waals surface area contributed by atoms with Gasteiger partial charge in [0.05, 0.1) is 5.69 Å². The van der Waals surface area contributed by atoms with E-state index in [-0.39, 0.29) is 17.9 Å². The highest BCUT2D eigenvalue weighted by Crippen LogP contribution is 2.25. The number of nitrogens with zero attached hydrogens (tertiary/aromatic N) is 1. The number of amides is 2. The van der Waals surface area contributed by atoms with Crippen LogP contribution in [0.15, 0.2) is 35.7 Å². The molecule has 0 bridgehead atoms. The van der Waals surface area contributed by atoms with Crippen LogP contribution in [0.4, 0.5) is 5.13 Å². The van der Waals surface area contributed by atoms with E-state index in [9.17, 15) is 9.59 Å². The van der Waals surface area contributed by atoms with Gasteiger partial charge in [0.25, 0.3) is 0 Å². The van der Waals surface area contributed by atoms with E-state index in [1.54, 1.807) is 0 Å². The summed E-state index contributed by atoms with van der Waals surface area (Å²) in [5, 5.41) is 7.86. The number of anilines is 1. The monoisotopic (exact) mass is 347 g/mol. The molecule has 24 heavy (non-hydrogen) atoms. The molecule has 0 saturated carbocycles. The van der Waals surface area contributed by atoms with Crippen LogP contribution in [0.5, 0.6) is 5.75 Å². The Morgan fingerprint density at radius 2 is 2.04 bits per heavy atom. The van der Waals surface area contributed by atoms with Crippen LogP contribution in [0.2, 0.25) is 0 Å². The Kier molecular flexibility index (Phi) is 6.74. The molecule has 0 saturated heterocycles. The summed E-state index contributed by atoms with van der Waals surface area (Å²) in [6.45, 7) is 3.87. The van der Waals surface area contributed by atoms with Crippen molar-refractivity contribution in [1.82, 2.24) is 10.3 Å². The molecule has 7 heteroatoms. The second-order valence-electron chi connectivity index (χ2n) is 5.29. The lowest BCUT2D eigenvalue weighted by atomic mass is 10.3. The van der Waals surface area contributed by atoms with Gasteiger partial charge in [-0.05, 0) is 25.5 Å². The molecule has 0 aliphatic rings. The van der Waals surface area contributed by atoms with Gasteiger partial charge in [-0.25, -0.2) is 4.98 Å². The highest BCUT2D eigenvalue weighted by Gasteiger charge is 2.13. The first-order valence-electron chi connectivity index (χ1n) is 7.76. The highest BCUT2D eigenvalue weighted by atomic mass is 32.1. The Labute approximate surface area is 145 Å². The van der Waals surface area contributed by atoms with Gasteiger partial charge >= 0.3 is 0 Å². The van der Waals surface area contributed by atoms with Crippen LogP contribution in [0, 0.1) is 0 Å². The summed E-state index contributed by atoms with van der Waals surface area (Å²) < 4.78 is 5.81. The number of benzene rings is 1. The number of carbonyl (C=O) groups is 2. The second kappa shape index (κ2) is 9.02. The molecule has 128 valence electrons. The summed E-state index contributed by atoms with van der Waals surface area (Å²) in [6.07, 6.45) is 0.733. The molecule has 1 atom stereocenters. The SMILES string of the molecule is CC(=O)NCCCC(=O)Nc1nc(C(C)Oc2ccccc2)cs1. The van der Waals surface area contributed by atoms with E-state index in [0.717, 1.165) is 11.4 Å². The van der Waals surface area contributed by atoms with Crippen molar-refractivity contribution in [2.45, 2.75) is 32.8 Å². The number of hydrogen-bond acceptors (Lipinski definition) is 5. The van der Waals surface area contributed by atoms with Crippen LogP contribution < -0.4 is 15.4 Å². The van der Waals surface area contributed by atoms with Crippen LogP contribution in [0.1, 0.15) is 38.5 Å². The Hall–Kier alpha value is -2.41. The fraction of sp³-hybridized carbons (Fsp3) is 0.353. The van der Waals surface area contributed by atoms with E-state index < -0.39 is 0 Å². The van der Waals surface area contributed by atoms with Crippen molar-refractivity contribution >= 4 is 28.3 Å². The third-order valence-corrected chi connectivity index (χ3v) is 3.97. The molecular weight excluding hydrogens is 326 g/mol. The predicted molar refractivity (Wildman–Crippen MR) is 94.1 cm³/mol. The summed E-state index contributed by atoms with van der Waals surface area (Å²) >= 11 is 1.37. The number of ether oxygens (including phenoxy) is 1. The van der Waals surface area contributed by atoms with Gasteiger partial charge in [0, 0.05) is 25.3 Å². The molecule has 2 N–H and O–H groups in total. The largest absolute Gasteiger partial charge is 0.484 e. The van der Waals surface area contributed by atoms with Crippen molar-refractivity contribution < 1.29 is 14.3 Å². The van der Waals surface area contributed by atoms with Crippen LogP contribution >= 0.6 is 11.3 Å². The van der Waals surface area contributed by atoms with E-state index in [4.69, 9.17) is 4.74 Å². The minimum Gasteiger partial charge on any atom is -0.484 e. The van der Waals surface area contributed by atoms with E-state index in [0.29, 0.717) is 24.5 Å². The predicted octanol–water partition coefficient (Wildman–Crippen LogP) is 3.14. The summed E-state index contributed by atoms with van der Waals surface area (Å²) in [7, 11) is 0. The van der Waals surface area contributed by atoms with Crippen molar-refractivity contribution in [2.75, 3.05) is 11.9 Å².